The first-order valence-electron chi connectivity index (χ1n) is 8.84. The summed E-state index contributed by atoms with van der Waals surface area (Å²) in [4.78, 5) is 7.79. The second-order valence-electron chi connectivity index (χ2n) is 6.61. The Labute approximate surface area is 179 Å². The maximum atomic E-state index is 12.8. The highest BCUT2D eigenvalue weighted by Gasteiger charge is 2.49. The normalized spacial score (nSPS) is 16.7. The van der Waals surface area contributed by atoms with Crippen molar-refractivity contribution in [2.24, 2.45) is 0 Å². The van der Waals surface area contributed by atoms with Crippen molar-refractivity contribution in [3.63, 3.8) is 0 Å². The first-order chi connectivity index (χ1) is 14.6. The van der Waals surface area contributed by atoms with Gasteiger partial charge < -0.3 is 13.7 Å². The van der Waals surface area contributed by atoms with Crippen LogP contribution < -0.4 is 8.92 Å². The lowest BCUT2D eigenvalue weighted by Gasteiger charge is -2.27. The van der Waals surface area contributed by atoms with Crippen LogP contribution in [0.4, 0.5) is 13.2 Å². The van der Waals surface area contributed by atoms with E-state index in [-0.39, 0.29) is 30.3 Å². The van der Waals surface area contributed by atoms with Gasteiger partial charge in [-0.05, 0) is 17.0 Å². The van der Waals surface area contributed by atoms with E-state index < -0.39 is 27.6 Å². The lowest BCUT2D eigenvalue weighted by Crippen LogP contribution is -2.29. The summed E-state index contributed by atoms with van der Waals surface area (Å²) in [6, 6.07) is 10.7. The zero-order valence-corrected chi connectivity index (χ0v) is 17.4. The molecule has 4 rings (SSSR count). The van der Waals surface area contributed by atoms with Crippen molar-refractivity contribution in [2.75, 3.05) is 7.11 Å². The molecular formula is C19H14ClF3N2O5S. The van der Waals surface area contributed by atoms with Crippen LogP contribution in [-0.2, 0) is 27.9 Å². The summed E-state index contributed by atoms with van der Waals surface area (Å²) in [5.41, 5.74) is -4.61. The molecule has 0 aliphatic carbocycles. The molecule has 2 aromatic carbocycles. The molecule has 164 valence electrons. The molecule has 1 aromatic heterocycles. The molecule has 3 aromatic rings. The minimum atomic E-state index is -5.93. The third-order valence-corrected chi connectivity index (χ3v) is 5.99. The number of hydrogen-bond acceptors (Lipinski definition) is 7. The average molecular weight is 475 g/mol. The fourth-order valence-corrected chi connectivity index (χ4v) is 4.05. The minimum absolute atomic E-state index is 0.00351. The monoisotopic (exact) mass is 474 g/mol. The van der Waals surface area contributed by atoms with E-state index in [0.29, 0.717) is 5.02 Å². The standard InChI is InChI=1S/C19H14ClF3N2O5S/c1-28-18-24-14-8-15(11-6-2-4-10-5-3-7-13(20)16(10)11)29-9-12(14)17(25-18)30-31(26,27)19(21,22)23/h2-7,15H,8-9H2,1H3. The second kappa shape index (κ2) is 7.81. The number of alkyl halides is 3. The van der Waals surface area contributed by atoms with Crippen LogP contribution >= 0.6 is 11.6 Å². The van der Waals surface area contributed by atoms with Crippen molar-refractivity contribution in [2.45, 2.75) is 24.6 Å². The molecule has 0 spiro atoms. The van der Waals surface area contributed by atoms with Gasteiger partial charge in [-0.15, -0.1) is 0 Å². The van der Waals surface area contributed by atoms with Crippen molar-refractivity contribution in [1.82, 2.24) is 9.97 Å². The van der Waals surface area contributed by atoms with Gasteiger partial charge in [-0.25, -0.2) is 0 Å². The van der Waals surface area contributed by atoms with Crippen LogP contribution in [0, 0.1) is 0 Å². The van der Waals surface area contributed by atoms with Gasteiger partial charge in [-0.3, -0.25) is 0 Å². The number of methoxy groups -OCH3 is 1. The zero-order chi connectivity index (χ0) is 22.4. The Balaban J connectivity index is 1.76. The highest BCUT2D eigenvalue weighted by molar-refractivity contribution is 7.87. The van der Waals surface area contributed by atoms with Gasteiger partial charge >= 0.3 is 21.6 Å². The molecule has 0 radical (unpaired) electrons. The summed E-state index contributed by atoms with van der Waals surface area (Å²) in [6.07, 6.45) is -0.427. The lowest BCUT2D eigenvalue weighted by molar-refractivity contribution is -0.0503. The van der Waals surface area contributed by atoms with E-state index in [1.165, 1.54) is 7.11 Å². The number of nitrogens with zero attached hydrogens (tertiary/aromatic N) is 2. The van der Waals surface area contributed by atoms with Crippen LogP contribution in [0.1, 0.15) is 22.9 Å². The van der Waals surface area contributed by atoms with Crippen molar-refractivity contribution < 1.29 is 35.2 Å². The molecule has 0 bridgehead atoms. The van der Waals surface area contributed by atoms with E-state index in [0.717, 1.165) is 16.3 Å². The summed E-state index contributed by atoms with van der Waals surface area (Å²) < 4.78 is 76.3. The molecule has 2 heterocycles. The Kier molecular flexibility index (Phi) is 5.44. The van der Waals surface area contributed by atoms with E-state index >= 15 is 0 Å². The number of hydrogen-bond donors (Lipinski definition) is 0. The molecule has 0 amide bonds. The van der Waals surface area contributed by atoms with Gasteiger partial charge in [0.05, 0.1) is 31.1 Å². The number of fused-ring (bicyclic) bond motifs is 2. The first-order valence-corrected chi connectivity index (χ1v) is 10.6. The number of rotatable bonds is 4. The molecule has 0 saturated carbocycles. The van der Waals surface area contributed by atoms with Crippen LogP contribution in [0.2, 0.25) is 5.02 Å². The Bertz CT molecular complexity index is 1260. The maximum Gasteiger partial charge on any atom is 0.534 e. The summed E-state index contributed by atoms with van der Waals surface area (Å²) in [7, 11) is -4.73. The first kappa shape index (κ1) is 21.6. The molecule has 1 unspecified atom stereocenters. The third kappa shape index (κ3) is 4.00. The Morgan fingerprint density at radius 1 is 1.16 bits per heavy atom. The van der Waals surface area contributed by atoms with Crippen LogP contribution in [0.15, 0.2) is 36.4 Å². The minimum Gasteiger partial charge on any atom is -0.467 e. The van der Waals surface area contributed by atoms with Gasteiger partial charge in [-0.2, -0.15) is 31.6 Å². The molecule has 7 nitrogen and oxygen atoms in total. The van der Waals surface area contributed by atoms with Gasteiger partial charge in [0.1, 0.15) is 0 Å². The lowest BCUT2D eigenvalue weighted by atomic mass is 9.95. The van der Waals surface area contributed by atoms with Gasteiger partial charge in [0, 0.05) is 16.8 Å². The molecule has 0 N–H and O–H groups in total. The highest BCUT2D eigenvalue weighted by atomic mass is 35.5. The topological polar surface area (TPSA) is 87.6 Å². The van der Waals surface area contributed by atoms with Gasteiger partial charge in [0.15, 0.2) is 0 Å². The quantitative estimate of drug-likeness (QED) is 0.410. The molecular weight excluding hydrogens is 461 g/mol. The highest BCUT2D eigenvalue weighted by Crippen LogP contribution is 2.39. The van der Waals surface area contributed by atoms with E-state index in [1.54, 1.807) is 6.07 Å². The Morgan fingerprint density at radius 3 is 2.55 bits per heavy atom. The number of benzene rings is 2. The van der Waals surface area contributed by atoms with Crippen LogP contribution in [0.5, 0.6) is 11.9 Å². The Morgan fingerprint density at radius 2 is 1.87 bits per heavy atom. The summed E-state index contributed by atoms with van der Waals surface area (Å²) >= 11 is 6.38. The fraction of sp³-hybridized carbons (Fsp3) is 0.263. The summed E-state index contributed by atoms with van der Waals surface area (Å²) in [5, 5.41) is 2.18. The van der Waals surface area contributed by atoms with Crippen molar-refractivity contribution in [3.05, 3.63) is 58.2 Å². The predicted octanol–water partition coefficient (Wildman–Crippen LogP) is 4.33. The molecule has 1 aliphatic heterocycles. The van der Waals surface area contributed by atoms with Gasteiger partial charge in [0.25, 0.3) is 0 Å². The van der Waals surface area contributed by atoms with Crippen LogP contribution in [-0.4, -0.2) is 31.0 Å². The maximum absolute atomic E-state index is 12.8. The Hall–Kier alpha value is -2.63. The summed E-state index contributed by atoms with van der Waals surface area (Å²) in [5.74, 6) is -0.784. The molecule has 0 saturated heterocycles. The van der Waals surface area contributed by atoms with Crippen LogP contribution in [0.25, 0.3) is 10.8 Å². The van der Waals surface area contributed by atoms with Crippen molar-refractivity contribution in [1.29, 1.82) is 0 Å². The van der Waals surface area contributed by atoms with E-state index in [4.69, 9.17) is 21.1 Å². The molecule has 1 atom stereocenters. The fourth-order valence-electron chi connectivity index (χ4n) is 3.32. The smallest absolute Gasteiger partial charge is 0.467 e. The zero-order valence-electron chi connectivity index (χ0n) is 15.8. The van der Waals surface area contributed by atoms with Crippen molar-refractivity contribution >= 4 is 32.5 Å². The van der Waals surface area contributed by atoms with Crippen molar-refractivity contribution in [3.8, 4) is 11.9 Å². The van der Waals surface area contributed by atoms with E-state index in [2.05, 4.69) is 14.2 Å². The third-order valence-electron chi connectivity index (χ3n) is 4.73. The summed E-state index contributed by atoms with van der Waals surface area (Å²) in [6.45, 7) is -0.270. The predicted molar refractivity (Wildman–Crippen MR) is 104 cm³/mol. The van der Waals surface area contributed by atoms with Gasteiger partial charge in [0.2, 0.25) is 5.88 Å². The SMILES string of the molecule is COc1nc2c(c(OS(=O)(=O)C(F)(F)F)n1)COC(c1cccc3cccc(Cl)c13)C2. The number of aromatic nitrogens is 2. The largest absolute Gasteiger partial charge is 0.534 e. The molecule has 0 fully saturated rings. The van der Waals surface area contributed by atoms with E-state index in [9.17, 15) is 21.6 Å². The average Bonchev–Trinajstić information content (AvgIpc) is 2.72. The molecule has 12 heteroatoms. The molecule has 31 heavy (non-hydrogen) atoms. The van der Waals surface area contributed by atoms with E-state index in [1.807, 2.05) is 30.3 Å². The molecule has 1 aliphatic rings. The second-order valence-corrected chi connectivity index (χ2v) is 8.56. The number of ether oxygens (including phenoxy) is 2. The number of halogens is 4. The van der Waals surface area contributed by atoms with Gasteiger partial charge in [-0.1, -0.05) is 41.9 Å². The van der Waals surface area contributed by atoms with Crippen LogP contribution in [0.3, 0.4) is 0 Å².